The van der Waals surface area contributed by atoms with Crippen LogP contribution in [0.15, 0.2) is 18.2 Å². The van der Waals surface area contributed by atoms with Crippen LogP contribution in [-0.2, 0) is 6.54 Å². The molecule has 2 heterocycles. The molecule has 3 rings (SSSR count). The second kappa shape index (κ2) is 5.73. The smallest absolute Gasteiger partial charge is 0.346 e. The molecule has 5 heteroatoms. The molecule has 1 atom stereocenters. The van der Waals surface area contributed by atoms with Crippen LogP contribution in [0.3, 0.4) is 0 Å². The number of rotatable bonds is 4. The summed E-state index contributed by atoms with van der Waals surface area (Å²) in [6, 6.07) is 4.83. The molecule has 0 bridgehead atoms. The summed E-state index contributed by atoms with van der Waals surface area (Å²) >= 11 is 1.17. The van der Waals surface area contributed by atoms with Gasteiger partial charge in [-0.2, -0.15) is 0 Å². The molecule has 112 valence electrons. The molecule has 0 amide bonds. The van der Waals surface area contributed by atoms with Gasteiger partial charge in [-0.15, -0.1) is 11.3 Å². The molecule has 1 fully saturated rings. The van der Waals surface area contributed by atoms with Crippen LogP contribution >= 0.6 is 11.3 Å². The number of fused-ring (bicyclic) bond motifs is 1. The first-order valence-electron chi connectivity index (χ1n) is 7.25. The largest absolute Gasteiger partial charge is 0.477 e. The van der Waals surface area contributed by atoms with Gasteiger partial charge < -0.3 is 5.11 Å². The number of hydrogen-bond donors (Lipinski definition) is 1. The number of benzene rings is 1. The van der Waals surface area contributed by atoms with Gasteiger partial charge in [0.1, 0.15) is 10.7 Å². The molecule has 1 aliphatic heterocycles. The second-order valence-corrected chi connectivity index (χ2v) is 6.68. The van der Waals surface area contributed by atoms with E-state index in [-0.39, 0.29) is 10.7 Å². The molecule has 1 aromatic carbocycles. The third-order valence-electron chi connectivity index (χ3n) is 4.29. The normalized spacial score (nSPS) is 19.4. The molecule has 1 aromatic heterocycles. The zero-order chi connectivity index (χ0) is 15.0. The Balaban J connectivity index is 2.00. The highest BCUT2D eigenvalue weighted by molar-refractivity contribution is 7.21. The van der Waals surface area contributed by atoms with Crippen molar-refractivity contribution in [3.05, 3.63) is 34.5 Å². The first-order chi connectivity index (χ1) is 10.1. The molecule has 0 radical (unpaired) electrons. The van der Waals surface area contributed by atoms with Crippen LogP contribution < -0.4 is 0 Å². The maximum Gasteiger partial charge on any atom is 0.346 e. The number of carboxylic acids is 1. The zero-order valence-electron chi connectivity index (χ0n) is 11.9. The van der Waals surface area contributed by atoms with Crippen molar-refractivity contribution in [3.63, 3.8) is 0 Å². The Morgan fingerprint density at radius 2 is 2.33 bits per heavy atom. The molecule has 0 saturated carbocycles. The van der Waals surface area contributed by atoms with E-state index in [2.05, 4.69) is 11.8 Å². The summed E-state index contributed by atoms with van der Waals surface area (Å²) in [4.78, 5) is 14.0. The molecule has 1 N–H and O–H groups in total. The molecule has 21 heavy (non-hydrogen) atoms. The van der Waals surface area contributed by atoms with Gasteiger partial charge in [0, 0.05) is 28.7 Å². The number of carbonyl (C=O) groups is 1. The van der Waals surface area contributed by atoms with E-state index in [0.29, 0.717) is 28.1 Å². The van der Waals surface area contributed by atoms with Crippen molar-refractivity contribution < 1.29 is 14.3 Å². The first kappa shape index (κ1) is 14.5. The van der Waals surface area contributed by atoms with Crippen molar-refractivity contribution in [3.8, 4) is 0 Å². The van der Waals surface area contributed by atoms with Crippen LogP contribution in [-0.4, -0.2) is 29.1 Å². The van der Waals surface area contributed by atoms with Gasteiger partial charge in [-0.25, -0.2) is 9.18 Å². The standard InChI is InChI=1S/C16H18FNO2S/c1-2-10-6-7-18(8-10)9-11-14-12(17)4-3-5-13(14)21-15(11)16(19)20/h3-5,10H,2,6-9H2,1H3,(H,19,20). The fourth-order valence-electron chi connectivity index (χ4n) is 3.10. The second-order valence-electron chi connectivity index (χ2n) is 5.63. The first-order valence-corrected chi connectivity index (χ1v) is 8.07. The Kier molecular flexibility index (Phi) is 3.95. The maximum absolute atomic E-state index is 14.1. The van der Waals surface area contributed by atoms with E-state index < -0.39 is 5.97 Å². The lowest BCUT2D eigenvalue weighted by Gasteiger charge is -2.16. The van der Waals surface area contributed by atoms with Crippen LogP contribution in [0.25, 0.3) is 10.1 Å². The number of likely N-dealkylation sites (tertiary alicyclic amines) is 1. The van der Waals surface area contributed by atoms with E-state index in [0.717, 1.165) is 25.9 Å². The Hall–Kier alpha value is -1.46. The van der Waals surface area contributed by atoms with Crippen molar-refractivity contribution >= 4 is 27.4 Å². The number of halogens is 1. The minimum absolute atomic E-state index is 0.273. The predicted molar refractivity (Wildman–Crippen MR) is 82.4 cm³/mol. The topological polar surface area (TPSA) is 40.5 Å². The number of aromatic carboxylic acids is 1. The van der Waals surface area contributed by atoms with Crippen LogP contribution in [0, 0.1) is 11.7 Å². The van der Waals surface area contributed by atoms with Crippen LogP contribution in [0.2, 0.25) is 0 Å². The number of nitrogens with zero attached hydrogens (tertiary/aromatic N) is 1. The molecule has 1 unspecified atom stereocenters. The summed E-state index contributed by atoms with van der Waals surface area (Å²) in [5, 5.41) is 9.89. The summed E-state index contributed by atoms with van der Waals surface area (Å²) < 4.78 is 14.9. The zero-order valence-corrected chi connectivity index (χ0v) is 12.8. The van der Waals surface area contributed by atoms with E-state index in [9.17, 15) is 14.3 Å². The lowest BCUT2D eigenvalue weighted by atomic mass is 10.1. The van der Waals surface area contributed by atoms with Crippen molar-refractivity contribution in [2.75, 3.05) is 13.1 Å². The van der Waals surface area contributed by atoms with E-state index in [1.54, 1.807) is 12.1 Å². The summed E-state index contributed by atoms with van der Waals surface area (Å²) in [5.41, 5.74) is 0.636. The van der Waals surface area contributed by atoms with E-state index in [4.69, 9.17) is 0 Å². The molecule has 1 saturated heterocycles. The van der Waals surface area contributed by atoms with E-state index in [1.165, 1.54) is 17.4 Å². The third kappa shape index (κ3) is 2.68. The lowest BCUT2D eigenvalue weighted by molar-refractivity contribution is 0.0700. The molecular formula is C16H18FNO2S. The predicted octanol–water partition coefficient (Wildman–Crippen LogP) is 3.97. The van der Waals surface area contributed by atoms with E-state index in [1.807, 2.05) is 0 Å². The van der Waals surface area contributed by atoms with E-state index >= 15 is 0 Å². The molecule has 0 spiro atoms. The third-order valence-corrected chi connectivity index (χ3v) is 5.47. The quantitative estimate of drug-likeness (QED) is 0.929. The lowest BCUT2D eigenvalue weighted by Crippen LogP contribution is -2.21. The minimum Gasteiger partial charge on any atom is -0.477 e. The van der Waals surface area contributed by atoms with Crippen molar-refractivity contribution in [1.82, 2.24) is 4.90 Å². The Bertz CT molecular complexity index is 682. The molecule has 0 aliphatic carbocycles. The van der Waals surface area contributed by atoms with Crippen molar-refractivity contribution in [2.45, 2.75) is 26.3 Å². The monoisotopic (exact) mass is 307 g/mol. The van der Waals surface area contributed by atoms with Gasteiger partial charge in [0.2, 0.25) is 0 Å². The molecule has 3 nitrogen and oxygen atoms in total. The SMILES string of the molecule is CCC1CCN(Cc2c(C(=O)O)sc3cccc(F)c23)C1. The average Bonchev–Trinajstić information content (AvgIpc) is 3.05. The van der Waals surface area contributed by atoms with Gasteiger partial charge >= 0.3 is 5.97 Å². The fraction of sp³-hybridized carbons (Fsp3) is 0.438. The minimum atomic E-state index is -0.961. The van der Waals surface area contributed by atoms with Gasteiger partial charge in [-0.05, 0) is 31.0 Å². The van der Waals surface area contributed by atoms with Crippen LogP contribution in [0.1, 0.15) is 35.0 Å². The van der Waals surface area contributed by atoms with Crippen LogP contribution in [0.5, 0.6) is 0 Å². The Morgan fingerprint density at radius 1 is 1.52 bits per heavy atom. The molecule has 1 aliphatic rings. The highest BCUT2D eigenvalue weighted by atomic mass is 32.1. The Morgan fingerprint density at radius 3 is 3.00 bits per heavy atom. The summed E-state index contributed by atoms with van der Waals surface area (Å²) in [6.07, 6.45) is 2.28. The van der Waals surface area contributed by atoms with Crippen molar-refractivity contribution in [1.29, 1.82) is 0 Å². The van der Waals surface area contributed by atoms with Gasteiger partial charge in [0.15, 0.2) is 0 Å². The highest BCUT2D eigenvalue weighted by Crippen LogP contribution is 2.35. The van der Waals surface area contributed by atoms with Gasteiger partial charge in [-0.3, -0.25) is 4.90 Å². The number of hydrogen-bond acceptors (Lipinski definition) is 3. The Labute approximate surface area is 127 Å². The van der Waals surface area contributed by atoms with Gasteiger partial charge in [-0.1, -0.05) is 19.4 Å². The molecule has 2 aromatic rings. The van der Waals surface area contributed by atoms with Crippen molar-refractivity contribution in [2.24, 2.45) is 5.92 Å². The van der Waals surface area contributed by atoms with Crippen LogP contribution in [0.4, 0.5) is 4.39 Å². The number of carboxylic acid groups (broad SMARTS) is 1. The number of thiophene rings is 1. The summed E-state index contributed by atoms with van der Waals surface area (Å²) in [5.74, 6) is -0.609. The highest BCUT2D eigenvalue weighted by Gasteiger charge is 2.26. The van der Waals surface area contributed by atoms with Gasteiger partial charge in [0.05, 0.1) is 0 Å². The summed E-state index contributed by atoms with van der Waals surface area (Å²) in [7, 11) is 0. The fourth-order valence-corrected chi connectivity index (χ4v) is 4.17. The molecular weight excluding hydrogens is 289 g/mol. The summed E-state index contributed by atoms with van der Waals surface area (Å²) in [6.45, 7) is 4.64. The van der Waals surface area contributed by atoms with Gasteiger partial charge in [0.25, 0.3) is 0 Å². The maximum atomic E-state index is 14.1. The average molecular weight is 307 g/mol.